The van der Waals surface area contributed by atoms with Crippen LogP contribution in [0.15, 0.2) is 24.3 Å². The lowest BCUT2D eigenvalue weighted by Gasteiger charge is -2.06. The maximum Gasteiger partial charge on any atom is 0.165 e. The van der Waals surface area contributed by atoms with E-state index in [1.807, 2.05) is 45.0 Å². The number of ketones is 1. The van der Waals surface area contributed by atoms with Gasteiger partial charge in [0, 0.05) is 11.5 Å². The number of carbonyl (C=O) groups excluding carboxylic acids is 1. The molecule has 1 atom stereocenters. The average Bonchev–Trinajstić information content (AvgIpc) is 2.17. The molecule has 70 valence electrons. The molecular weight excluding hydrogens is 160 g/mol. The summed E-state index contributed by atoms with van der Waals surface area (Å²) in [5, 5.41) is 0. The van der Waals surface area contributed by atoms with Crippen molar-refractivity contribution < 1.29 is 4.79 Å². The minimum absolute atomic E-state index is 0.141. The van der Waals surface area contributed by atoms with Crippen molar-refractivity contribution >= 4 is 5.78 Å². The van der Waals surface area contributed by atoms with Crippen LogP contribution >= 0.6 is 0 Å². The lowest BCUT2D eigenvalue weighted by Crippen LogP contribution is -2.09. The Labute approximate surface area is 79.8 Å². The van der Waals surface area contributed by atoms with E-state index in [0.29, 0.717) is 0 Å². The third-order valence-corrected chi connectivity index (χ3v) is 2.40. The summed E-state index contributed by atoms with van der Waals surface area (Å²) in [4.78, 5) is 11.7. The second-order valence-corrected chi connectivity index (χ2v) is 3.54. The van der Waals surface area contributed by atoms with Gasteiger partial charge < -0.3 is 0 Å². The maximum atomic E-state index is 11.7. The maximum absolute atomic E-state index is 11.7. The van der Waals surface area contributed by atoms with Crippen molar-refractivity contribution in [1.29, 1.82) is 0 Å². The van der Waals surface area contributed by atoms with Crippen LogP contribution < -0.4 is 0 Å². The molecule has 1 rings (SSSR count). The fourth-order valence-electron chi connectivity index (χ4n) is 1.19. The summed E-state index contributed by atoms with van der Waals surface area (Å²) in [5.41, 5.74) is 2.03. The van der Waals surface area contributed by atoms with Gasteiger partial charge in [-0.2, -0.15) is 0 Å². The predicted molar refractivity (Wildman–Crippen MR) is 55.0 cm³/mol. The van der Waals surface area contributed by atoms with Crippen LogP contribution in [0, 0.1) is 12.8 Å². The van der Waals surface area contributed by atoms with Crippen LogP contribution in [0.1, 0.15) is 36.2 Å². The average molecular weight is 176 g/mol. The highest BCUT2D eigenvalue weighted by molar-refractivity contribution is 5.97. The first-order chi connectivity index (χ1) is 6.15. The van der Waals surface area contributed by atoms with Gasteiger partial charge in [0.15, 0.2) is 5.78 Å². The van der Waals surface area contributed by atoms with E-state index < -0.39 is 0 Å². The normalized spacial score (nSPS) is 12.5. The van der Waals surface area contributed by atoms with E-state index in [2.05, 4.69) is 0 Å². The summed E-state index contributed by atoms with van der Waals surface area (Å²) in [6, 6.07) is 7.78. The zero-order valence-corrected chi connectivity index (χ0v) is 8.50. The second kappa shape index (κ2) is 4.22. The minimum atomic E-state index is 0.141. The zero-order valence-electron chi connectivity index (χ0n) is 8.50. The Kier molecular flexibility index (Phi) is 3.24. The molecule has 1 heteroatoms. The van der Waals surface area contributed by atoms with Crippen LogP contribution in [0.25, 0.3) is 0 Å². The Bertz CT molecular complexity index is 284. The van der Waals surface area contributed by atoms with Crippen molar-refractivity contribution in [2.24, 2.45) is 5.92 Å². The Balaban J connectivity index is 2.83. The van der Waals surface area contributed by atoms with Gasteiger partial charge in [0.05, 0.1) is 0 Å². The van der Waals surface area contributed by atoms with E-state index in [1.54, 1.807) is 0 Å². The molecule has 0 bridgehead atoms. The Hall–Kier alpha value is -1.11. The molecule has 0 aromatic heterocycles. The molecule has 0 fully saturated rings. The van der Waals surface area contributed by atoms with Gasteiger partial charge in [0.25, 0.3) is 0 Å². The van der Waals surface area contributed by atoms with Crippen LogP contribution in [0.5, 0.6) is 0 Å². The molecule has 0 aliphatic carbocycles. The highest BCUT2D eigenvalue weighted by Gasteiger charge is 2.11. The van der Waals surface area contributed by atoms with E-state index >= 15 is 0 Å². The van der Waals surface area contributed by atoms with Crippen molar-refractivity contribution in [2.45, 2.75) is 27.2 Å². The van der Waals surface area contributed by atoms with Crippen LogP contribution in [-0.4, -0.2) is 5.78 Å². The van der Waals surface area contributed by atoms with E-state index in [4.69, 9.17) is 0 Å². The van der Waals surface area contributed by atoms with Gasteiger partial charge in [-0.3, -0.25) is 4.79 Å². The topological polar surface area (TPSA) is 17.1 Å². The molecule has 13 heavy (non-hydrogen) atoms. The molecule has 1 aromatic carbocycles. The molecule has 0 aliphatic heterocycles. The molecule has 1 aromatic rings. The van der Waals surface area contributed by atoms with Crippen LogP contribution in [0.2, 0.25) is 0 Å². The van der Waals surface area contributed by atoms with Gasteiger partial charge in [-0.15, -0.1) is 0 Å². The number of hydrogen-bond donors (Lipinski definition) is 0. The molecule has 0 saturated carbocycles. The van der Waals surface area contributed by atoms with Gasteiger partial charge >= 0.3 is 0 Å². The Morgan fingerprint density at radius 1 is 1.31 bits per heavy atom. The van der Waals surface area contributed by atoms with Crippen molar-refractivity contribution in [1.82, 2.24) is 0 Å². The summed E-state index contributed by atoms with van der Waals surface area (Å²) in [7, 11) is 0. The van der Waals surface area contributed by atoms with Crippen LogP contribution in [0.3, 0.4) is 0 Å². The molecule has 0 radical (unpaired) electrons. The second-order valence-electron chi connectivity index (χ2n) is 3.54. The largest absolute Gasteiger partial charge is 0.294 e. The highest BCUT2D eigenvalue weighted by Crippen LogP contribution is 2.12. The van der Waals surface area contributed by atoms with Gasteiger partial charge in [0.2, 0.25) is 0 Å². The van der Waals surface area contributed by atoms with E-state index in [1.165, 1.54) is 5.56 Å². The van der Waals surface area contributed by atoms with Gasteiger partial charge in [-0.05, 0) is 13.3 Å². The summed E-state index contributed by atoms with van der Waals surface area (Å²) in [6.45, 7) is 6.04. The van der Waals surface area contributed by atoms with Crippen molar-refractivity contribution in [3.05, 3.63) is 35.4 Å². The lowest BCUT2D eigenvalue weighted by molar-refractivity contribution is 0.0927. The third-order valence-electron chi connectivity index (χ3n) is 2.40. The summed E-state index contributed by atoms with van der Waals surface area (Å²) in [5.74, 6) is 0.394. The first-order valence-corrected chi connectivity index (χ1v) is 4.76. The highest BCUT2D eigenvalue weighted by atomic mass is 16.1. The summed E-state index contributed by atoms with van der Waals surface area (Å²) < 4.78 is 0. The standard InChI is InChI=1S/C12H16O/c1-4-10(3)12(13)11-7-5-9(2)6-8-11/h5-8,10H,4H2,1-3H3/t10-/m1/s1. The molecular formula is C12H16O. The predicted octanol–water partition coefficient (Wildman–Crippen LogP) is 3.22. The molecule has 0 aliphatic rings. The summed E-state index contributed by atoms with van der Waals surface area (Å²) in [6.07, 6.45) is 0.909. The molecule has 1 nitrogen and oxygen atoms in total. The smallest absolute Gasteiger partial charge is 0.165 e. The van der Waals surface area contributed by atoms with Crippen molar-refractivity contribution in [2.75, 3.05) is 0 Å². The number of carbonyl (C=O) groups is 1. The quantitative estimate of drug-likeness (QED) is 0.646. The SMILES string of the molecule is CC[C@@H](C)C(=O)c1ccc(C)cc1. The molecule has 0 heterocycles. The lowest BCUT2D eigenvalue weighted by atomic mass is 9.97. The fraction of sp³-hybridized carbons (Fsp3) is 0.417. The van der Waals surface area contributed by atoms with Crippen LogP contribution in [-0.2, 0) is 0 Å². The zero-order chi connectivity index (χ0) is 9.84. The van der Waals surface area contributed by atoms with E-state index in [0.717, 1.165) is 12.0 Å². The first-order valence-electron chi connectivity index (χ1n) is 4.76. The Morgan fingerprint density at radius 2 is 1.85 bits per heavy atom. The van der Waals surface area contributed by atoms with Crippen LogP contribution in [0.4, 0.5) is 0 Å². The fourth-order valence-corrected chi connectivity index (χ4v) is 1.19. The van der Waals surface area contributed by atoms with Gasteiger partial charge in [-0.25, -0.2) is 0 Å². The number of aryl methyl sites for hydroxylation is 1. The molecule has 0 amide bonds. The monoisotopic (exact) mass is 176 g/mol. The van der Waals surface area contributed by atoms with Crippen molar-refractivity contribution in [3.8, 4) is 0 Å². The molecule has 0 saturated heterocycles. The number of rotatable bonds is 3. The first kappa shape index (κ1) is 9.97. The Morgan fingerprint density at radius 3 is 2.31 bits per heavy atom. The number of hydrogen-bond acceptors (Lipinski definition) is 1. The molecule has 0 N–H and O–H groups in total. The van der Waals surface area contributed by atoms with Crippen molar-refractivity contribution in [3.63, 3.8) is 0 Å². The van der Waals surface area contributed by atoms with E-state index in [9.17, 15) is 4.79 Å². The van der Waals surface area contributed by atoms with E-state index in [-0.39, 0.29) is 11.7 Å². The van der Waals surface area contributed by atoms with Gasteiger partial charge in [0.1, 0.15) is 0 Å². The number of Topliss-reactive ketones (excluding diaryl/α,β-unsaturated/α-hetero) is 1. The number of benzene rings is 1. The molecule has 0 unspecified atom stereocenters. The van der Waals surface area contributed by atoms with Gasteiger partial charge in [-0.1, -0.05) is 43.7 Å². The summed E-state index contributed by atoms with van der Waals surface area (Å²) >= 11 is 0. The molecule has 0 spiro atoms. The minimum Gasteiger partial charge on any atom is -0.294 e. The third kappa shape index (κ3) is 2.41.